The lowest BCUT2D eigenvalue weighted by molar-refractivity contribution is 0.170. The van der Waals surface area contributed by atoms with Crippen LogP contribution < -0.4 is 5.32 Å². The zero-order valence-electron chi connectivity index (χ0n) is 10.5. The maximum atomic E-state index is 9.40. The summed E-state index contributed by atoms with van der Waals surface area (Å²) >= 11 is 0. The van der Waals surface area contributed by atoms with Crippen LogP contribution in [0, 0.1) is 23.2 Å². The van der Waals surface area contributed by atoms with Crippen LogP contribution in [0.25, 0.3) is 0 Å². The van der Waals surface area contributed by atoms with Crippen LogP contribution in [0.2, 0.25) is 0 Å². The predicted octanol–water partition coefficient (Wildman–Crippen LogP) is 1.61. The molecule has 3 heteroatoms. The first-order valence-corrected chi connectivity index (χ1v) is 6.49. The molecule has 90 valence electrons. The zero-order valence-corrected chi connectivity index (χ0v) is 10.5. The van der Waals surface area contributed by atoms with Crippen molar-refractivity contribution < 1.29 is 0 Å². The van der Waals surface area contributed by atoms with E-state index in [0.29, 0.717) is 5.92 Å². The number of nitrogens with one attached hydrogen (secondary N) is 1. The summed E-state index contributed by atoms with van der Waals surface area (Å²) in [7, 11) is 4.09. The summed E-state index contributed by atoms with van der Waals surface area (Å²) in [6.45, 7) is 2.04. The van der Waals surface area contributed by atoms with Crippen LogP contribution >= 0.6 is 0 Å². The fourth-order valence-corrected chi connectivity index (χ4v) is 2.78. The van der Waals surface area contributed by atoms with Crippen LogP contribution in [0.4, 0.5) is 0 Å². The molecule has 16 heavy (non-hydrogen) atoms. The van der Waals surface area contributed by atoms with Crippen LogP contribution in [0.3, 0.4) is 0 Å². The molecule has 1 unspecified atom stereocenters. The molecule has 0 spiro atoms. The highest BCUT2D eigenvalue weighted by Crippen LogP contribution is 2.40. The zero-order chi connectivity index (χ0) is 11.6. The van der Waals surface area contributed by atoms with E-state index in [1.807, 2.05) is 7.05 Å². The largest absolute Gasteiger partial charge is 0.303 e. The smallest absolute Gasteiger partial charge is 0.122 e. The van der Waals surface area contributed by atoms with Gasteiger partial charge in [0.2, 0.25) is 0 Å². The van der Waals surface area contributed by atoms with Crippen LogP contribution in [-0.2, 0) is 0 Å². The van der Waals surface area contributed by atoms with Gasteiger partial charge in [0.05, 0.1) is 6.07 Å². The molecule has 3 nitrogen and oxygen atoms in total. The summed E-state index contributed by atoms with van der Waals surface area (Å²) in [5.74, 6) is 1.46. The van der Waals surface area contributed by atoms with Gasteiger partial charge < -0.3 is 10.2 Å². The second-order valence-corrected chi connectivity index (χ2v) is 5.60. The van der Waals surface area contributed by atoms with Gasteiger partial charge in [-0.3, -0.25) is 0 Å². The molecule has 2 fully saturated rings. The monoisotopic (exact) mass is 221 g/mol. The Balaban J connectivity index is 1.86. The molecule has 2 aliphatic rings. The molecule has 1 N–H and O–H groups in total. The summed E-state index contributed by atoms with van der Waals surface area (Å²) in [6.07, 6.45) is 6.59. The van der Waals surface area contributed by atoms with Gasteiger partial charge >= 0.3 is 0 Å². The van der Waals surface area contributed by atoms with Gasteiger partial charge in [0.25, 0.3) is 0 Å². The molecular weight excluding hydrogens is 198 g/mol. The SMILES string of the molecule is CNC(C#N)(CN(C)CC1CCC1)C1CC1. The Labute approximate surface area is 98.8 Å². The second-order valence-electron chi connectivity index (χ2n) is 5.60. The summed E-state index contributed by atoms with van der Waals surface area (Å²) in [4.78, 5) is 2.35. The molecule has 0 saturated heterocycles. The van der Waals surface area contributed by atoms with E-state index in [-0.39, 0.29) is 5.54 Å². The van der Waals surface area contributed by atoms with E-state index in [0.717, 1.165) is 19.0 Å². The molecule has 0 aromatic heterocycles. The highest BCUT2D eigenvalue weighted by Gasteiger charge is 2.45. The van der Waals surface area contributed by atoms with Crippen LogP contribution in [-0.4, -0.2) is 37.6 Å². The summed E-state index contributed by atoms with van der Waals surface area (Å²) < 4.78 is 0. The Bertz CT molecular complexity index is 275. The van der Waals surface area contributed by atoms with Gasteiger partial charge in [-0.05, 0) is 51.6 Å². The van der Waals surface area contributed by atoms with E-state index in [1.165, 1.54) is 32.1 Å². The molecule has 0 aromatic carbocycles. The van der Waals surface area contributed by atoms with Gasteiger partial charge in [0.1, 0.15) is 5.54 Å². The fraction of sp³-hybridized carbons (Fsp3) is 0.923. The molecule has 2 rings (SSSR count). The van der Waals surface area contributed by atoms with Crippen molar-refractivity contribution in [2.75, 3.05) is 27.2 Å². The summed E-state index contributed by atoms with van der Waals surface area (Å²) in [5.41, 5.74) is -0.293. The number of nitriles is 1. The van der Waals surface area contributed by atoms with Crippen LogP contribution in [0.15, 0.2) is 0 Å². The van der Waals surface area contributed by atoms with E-state index >= 15 is 0 Å². The van der Waals surface area contributed by atoms with E-state index < -0.39 is 0 Å². The predicted molar refractivity (Wildman–Crippen MR) is 65.0 cm³/mol. The van der Waals surface area contributed by atoms with Gasteiger partial charge in [-0.1, -0.05) is 6.42 Å². The third-order valence-electron chi connectivity index (χ3n) is 4.23. The Hall–Kier alpha value is -0.590. The molecule has 0 aliphatic heterocycles. The van der Waals surface area contributed by atoms with Gasteiger partial charge in [-0.15, -0.1) is 0 Å². The van der Waals surface area contributed by atoms with Gasteiger partial charge in [0.15, 0.2) is 0 Å². The van der Waals surface area contributed by atoms with Gasteiger partial charge in [-0.25, -0.2) is 0 Å². The average molecular weight is 221 g/mol. The highest BCUT2D eigenvalue weighted by atomic mass is 15.2. The molecule has 0 bridgehead atoms. The van der Waals surface area contributed by atoms with Crippen molar-refractivity contribution in [3.8, 4) is 6.07 Å². The minimum Gasteiger partial charge on any atom is -0.303 e. The third kappa shape index (κ3) is 2.39. The summed E-state index contributed by atoms with van der Waals surface area (Å²) in [6, 6.07) is 2.51. The second kappa shape index (κ2) is 4.73. The fourth-order valence-electron chi connectivity index (χ4n) is 2.78. The number of rotatable bonds is 6. The lowest BCUT2D eigenvalue weighted by Gasteiger charge is -2.35. The molecule has 0 amide bonds. The molecule has 0 heterocycles. The van der Waals surface area contributed by atoms with E-state index in [2.05, 4.69) is 23.3 Å². The molecule has 0 radical (unpaired) electrons. The van der Waals surface area contributed by atoms with Crippen molar-refractivity contribution in [3.05, 3.63) is 0 Å². The number of likely N-dealkylation sites (N-methyl/N-ethyl adjacent to an activating group) is 2. The minimum atomic E-state index is -0.293. The van der Waals surface area contributed by atoms with Crippen LogP contribution in [0.1, 0.15) is 32.1 Å². The maximum Gasteiger partial charge on any atom is 0.122 e. The normalized spacial score (nSPS) is 24.9. The van der Waals surface area contributed by atoms with Gasteiger partial charge in [0, 0.05) is 13.1 Å². The number of hydrogen-bond acceptors (Lipinski definition) is 3. The van der Waals surface area contributed by atoms with E-state index in [1.54, 1.807) is 0 Å². The lowest BCUT2D eigenvalue weighted by Crippen LogP contribution is -2.53. The lowest BCUT2D eigenvalue weighted by atomic mass is 9.84. The quantitative estimate of drug-likeness (QED) is 0.740. The Morgan fingerprint density at radius 1 is 1.38 bits per heavy atom. The Kier molecular flexibility index (Phi) is 3.51. The average Bonchev–Trinajstić information content (AvgIpc) is 3.04. The molecule has 1 atom stereocenters. The van der Waals surface area contributed by atoms with Crippen molar-refractivity contribution in [2.45, 2.75) is 37.6 Å². The van der Waals surface area contributed by atoms with E-state index in [4.69, 9.17) is 0 Å². The first-order valence-electron chi connectivity index (χ1n) is 6.49. The third-order valence-corrected chi connectivity index (χ3v) is 4.23. The molecule has 0 aromatic rings. The van der Waals surface area contributed by atoms with Crippen molar-refractivity contribution in [3.63, 3.8) is 0 Å². The Morgan fingerprint density at radius 2 is 2.06 bits per heavy atom. The first kappa shape index (κ1) is 11.9. The first-order chi connectivity index (χ1) is 7.70. The summed E-state index contributed by atoms with van der Waals surface area (Å²) in [5, 5.41) is 12.7. The Morgan fingerprint density at radius 3 is 2.44 bits per heavy atom. The number of hydrogen-bond donors (Lipinski definition) is 1. The van der Waals surface area contributed by atoms with Crippen molar-refractivity contribution in [1.29, 1.82) is 5.26 Å². The number of nitrogens with zero attached hydrogens (tertiary/aromatic N) is 2. The highest BCUT2D eigenvalue weighted by molar-refractivity contribution is 5.16. The van der Waals surface area contributed by atoms with Crippen molar-refractivity contribution in [2.24, 2.45) is 11.8 Å². The maximum absolute atomic E-state index is 9.40. The van der Waals surface area contributed by atoms with Crippen molar-refractivity contribution in [1.82, 2.24) is 10.2 Å². The molecule has 2 aliphatic carbocycles. The molecular formula is C13H23N3. The van der Waals surface area contributed by atoms with Crippen LogP contribution in [0.5, 0.6) is 0 Å². The standard InChI is InChI=1S/C13H23N3/c1-15-13(9-14,12-6-7-12)10-16(2)8-11-4-3-5-11/h11-12,15H,3-8,10H2,1-2H3. The topological polar surface area (TPSA) is 39.1 Å². The van der Waals surface area contributed by atoms with Gasteiger partial charge in [-0.2, -0.15) is 5.26 Å². The molecule has 2 saturated carbocycles. The van der Waals surface area contributed by atoms with E-state index in [9.17, 15) is 5.26 Å². The van der Waals surface area contributed by atoms with Crippen molar-refractivity contribution >= 4 is 0 Å². The minimum absolute atomic E-state index is 0.293.